The molecule has 0 saturated carbocycles. The standard InChI is InChI=1S/C21H20ClN3O6S2/c1-12-4-6-17(31-3)15(8-12)24-19(26)11-32-21-23-10-18(20(27)25-21)33(28,29)13-5-7-16(30-2)14(22)9-13/h4-10H,11H2,1-3H3,(H,24,26)(H,23,25,27). The van der Waals surface area contributed by atoms with E-state index in [-0.39, 0.29) is 26.7 Å². The minimum absolute atomic E-state index is 0.0692. The average Bonchev–Trinajstić information content (AvgIpc) is 2.77. The molecule has 12 heteroatoms. The molecule has 3 aromatic rings. The third-order valence-electron chi connectivity index (χ3n) is 4.44. The number of H-pyrrole nitrogens is 1. The third-order valence-corrected chi connectivity index (χ3v) is 7.36. The summed E-state index contributed by atoms with van der Waals surface area (Å²) in [7, 11) is -1.27. The van der Waals surface area contributed by atoms with Crippen molar-refractivity contribution in [1.82, 2.24) is 9.97 Å². The number of benzene rings is 2. The molecule has 0 aliphatic rings. The summed E-state index contributed by atoms with van der Waals surface area (Å²) in [4.78, 5) is 30.4. The number of methoxy groups -OCH3 is 2. The van der Waals surface area contributed by atoms with Gasteiger partial charge in [-0.2, -0.15) is 0 Å². The van der Waals surface area contributed by atoms with Gasteiger partial charge in [0.05, 0.1) is 41.8 Å². The second kappa shape index (κ2) is 10.3. The topological polar surface area (TPSA) is 127 Å². The number of aromatic nitrogens is 2. The van der Waals surface area contributed by atoms with E-state index in [0.29, 0.717) is 17.2 Å². The minimum atomic E-state index is -4.17. The number of amides is 1. The fourth-order valence-corrected chi connectivity index (χ4v) is 5.03. The van der Waals surface area contributed by atoms with Crippen LogP contribution in [0.1, 0.15) is 5.56 Å². The number of aryl methyl sites for hydroxylation is 1. The predicted octanol–water partition coefficient (Wildman–Crippen LogP) is 3.31. The fraction of sp³-hybridized carbons (Fsp3) is 0.190. The molecule has 0 bridgehead atoms. The Morgan fingerprint density at radius 3 is 2.48 bits per heavy atom. The number of halogens is 1. The molecule has 2 N–H and O–H groups in total. The van der Waals surface area contributed by atoms with Crippen molar-refractivity contribution in [2.75, 3.05) is 25.3 Å². The van der Waals surface area contributed by atoms with Crippen molar-refractivity contribution >= 4 is 44.8 Å². The number of carbonyl (C=O) groups excluding carboxylic acids is 1. The number of nitrogens with one attached hydrogen (secondary N) is 2. The van der Waals surface area contributed by atoms with Gasteiger partial charge in [0, 0.05) is 0 Å². The van der Waals surface area contributed by atoms with Gasteiger partial charge < -0.3 is 19.8 Å². The van der Waals surface area contributed by atoms with E-state index in [1.54, 1.807) is 12.1 Å². The summed E-state index contributed by atoms with van der Waals surface area (Å²) in [6.45, 7) is 1.88. The molecule has 0 aliphatic carbocycles. The van der Waals surface area contributed by atoms with E-state index < -0.39 is 20.3 Å². The van der Waals surface area contributed by atoms with E-state index in [0.717, 1.165) is 23.5 Å². The SMILES string of the molecule is COc1ccc(S(=O)(=O)c2cnc(SCC(=O)Nc3cc(C)ccc3OC)[nH]c2=O)cc1Cl. The molecule has 3 rings (SSSR count). The monoisotopic (exact) mass is 509 g/mol. The molecule has 0 unspecified atom stereocenters. The van der Waals surface area contributed by atoms with Crippen LogP contribution >= 0.6 is 23.4 Å². The number of hydrogen-bond acceptors (Lipinski definition) is 8. The van der Waals surface area contributed by atoms with Crippen molar-refractivity contribution in [3.63, 3.8) is 0 Å². The van der Waals surface area contributed by atoms with Gasteiger partial charge in [-0.05, 0) is 42.8 Å². The number of rotatable bonds is 8. The van der Waals surface area contributed by atoms with Crippen LogP contribution in [0.3, 0.4) is 0 Å². The quantitative estimate of drug-likeness (QED) is 0.349. The number of carbonyl (C=O) groups is 1. The highest BCUT2D eigenvalue weighted by molar-refractivity contribution is 7.99. The summed E-state index contributed by atoms with van der Waals surface area (Å²) in [6, 6.07) is 9.24. The molecule has 1 heterocycles. The molecule has 174 valence electrons. The van der Waals surface area contributed by atoms with Gasteiger partial charge in [-0.15, -0.1) is 0 Å². The number of nitrogens with zero attached hydrogens (tertiary/aromatic N) is 1. The van der Waals surface area contributed by atoms with Gasteiger partial charge in [0.15, 0.2) is 10.1 Å². The predicted molar refractivity (Wildman–Crippen MR) is 125 cm³/mol. The van der Waals surface area contributed by atoms with Crippen LogP contribution < -0.4 is 20.3 Å². The van der Waals surface area contributed by atoms with Gasteiger partial charge in [-0.3, -0.25) is 9.59 Å². The zero-order valence-corrected chi connectivity index (χ0v) is 20.2. The Bertz CT molecular complexity index is 1360. The van der Waals surface area contributed by atoms with E-state index in [1.165, 1.54) is 32.4 Å². The van der Waals surface area contributed by atoms with Crippen molar-refractivity contribution in [1.29, 1.82) is 0 Å². The molecule has 0 atom stereocenters. The molecule has 33 heavy (non-hydrogen) atoms. The van der Waals surface area contributed by atoms with E-state index in [1.807, 2.05) is 13.0 Å². The maximum atomic E-state index is 12.8. The Hall–Kier alpha value is -3.02. The molecule has 2 aromatic carbocycles. The maximum Gasteiger partial charge on any atom is 0.270 e. The number of hydrogen-bond donors (Lipinski definition) is 2. The summed E-state index contributed by atoms with van der Waals surface area (Å²) < 4.78 is 35.9. The first-order valence-corrected chi connectivity index (χ1v) is 12.3. The lowest BCUT2D eigenvalue weighted by atomic mass is 10.2. The van der Waals surface area contributed by atoms with Crippen molar-refractivity contribution in [3.8, 4) is 11.5 Å². The second-order valence-corrected chi connectivity index (χ2v) is 10.0. The number of sulfone groups is 1. The van der Waals surface area contributed by atoms with Gasteiger partial charge in [0.25, 0.3) is 5.56 Å². The van der Waals surface area contributed by atoms with Crippen LogP contribution in [0.25, 0.3) is 0 Å². The summed E-state index contributed by atoms with van der Waals surface area (Å²) in [6.07, 6.45) is 0.954. The second-order valence-electron chi connectivity index (χ2n) is 6.72. The molecule has 0 radical (unpaired) electrons. The largest absolute Gasteiger partial charge is 0.495 e. The molecule has 9 nitrogen and oxygen atoms in total. The molecular weight excluding hydrogens is 490 g/mol. The van der Waals surface area contributed by atoms with Crippen molar-refractivity contribution in [2.45, 2.75) is 21.9 Å². The van der Waals surface area contributed by atoms with Gasteiger partial charge >= 0.3 is 0 Å². The highest BCUT2D eigenvalue weighted by Gasteiger charge is 2.23. The lowest BCUT2D eigenvalue weighted by Gasteiger charge is -2.11. The minimum Gasteiger partial charge on any atom is -0.495 e. The molecule has 0 aliphatic heterocycles. The Kier molecular flexibility index (Phi) is 7.67. The first-order valence-electron chi connectivity index (χ1n) is 9.41. The molecule has 0 fully saturated rings. The summed E-state index contributed by atoms with van der Waals surface area (Å²) >= 11 is 6.95. The Morgan fingerprint density at radius 1 is 1.15 bits per heavy atom. The molecule has 1 aromatic heterocycles. The number of thioether (sulfide) groups is 1. The van der Waals surface area contributed by atoms with Gasteiger partial charge in [0.1, 0.15) is 11.5 Å². The van der Waals surface area contributed by atoms with Crippen molar-refractivity contribution in [3.05, 3.63) is 63.5 Å². The first kappa shape index (κ1) is 24.6. The van der Waals surface area contributed by atoms with E-state index in [9.17, 15) is 18.0 Å². The molecule has 1 amide bonds. The smallest absolute Gasteiger partial charge is 0.270 e. The Morgan fingerprint density at radius 2 is 1.85 bits per heavy atom. The average molecular weight is 510 g/mol. The summed E-state index contributed by atoms with van der Waals surface area (Å²) in [5.74, 6) is 0.394. The highest BCUT2D eigenvalue weighted by Crippen LogP contribution is 2.29. The normalized spacial score (nSPS) is 11.2. The van der Waals surface area contributed by atoms with E-state index in [2.05, 4.69) is 15.3 Å². The van der Waals surface area contributed by atoms with E-state index in [4.69, 9.17) is 21.1 Å². The molecule has 0 saturated heterocycles. The Labute approximate surface area is 199 Å². The molecular formula is C21H20ClN3O6S2. The van der Waals surface area contributed by atoms with Crippen molar-refractivity contribution < 1.29 is 22.7 Å². The third kappa shape index (κ3) is 5.67. The van der Waals surface area contributed by atoms with Crippen LogP contribution in [0.4, 0.5) is 5.69 Å². The highest BCUT2D eigenvalue weighted by atomic mass is 35.5. The van der Waals surface area contributed by atoms with Crippen molar-refractivity contribution in [2.24, 2.45) is 0 Å². The summed E-state index contributed by atoms with van der Waals surface area (Å²) in [5.41, 5.74) is 0.601. The van der Waals surface area contributed by atoms with Crippen LogP contribution in [0, 0.1) is 6.92 Å². The number of anilines is 1. The maximum absolute atomic E-state index is 12.8. The zero-order chi connectivity index (χ0) is 24.2. The van der Waals surface area contributed by atoms with Crippen LogP contribution in [0.2, 0.25) is 5.02 Å². The van der Waals surface area contributed by atoms with Crippen LogP contribution in [0.15, 0.2) is 62.3 Å². The van der Waals surface area contributed by atoms with E-state index >= 15 is 0 Å². The van der Waals surface area contributed by atoms with Crippen LogP contribution in [-0.4, -0.2) is 44.3 Å². The van der Waals surface area contributed by atoms with Crippen LogP contribution in [-0.2, 0) is 14.6 Å². The molecule has 0 spiro atoms. The fourth-order valence-electron chi connectivity index (χ4n) is 2.81. The van der Waals surface area contributed by atoms with Gasteiger partial charge in [0.2, 0.25) is 15.7 Å². The van der Waals surface area contributed by atoms with Gasteiger partial charge in [-0.25, -0.2) is 13.4 Å². The lowest BCUT2D eigenvalue weighted by Crippen LogP contribution is -2.20. The van der Waals surface area contributed by atoms with Crippen LogP contribution in [0.5, 0.6) is 11.5 Å². The first-order chi connectivity index (χ1) is 15.6. The number of aromatic amines is 1. The number of ether oxygens (including phenoxy) is 2. The zero-order valence-electron chi connectivity index (χ0n) is 17.8. The van der Waals surface area contributed by atoms with Gasteiger partial charge in [-0.1, -0.05) is 29.4 Å². The lowest BCUT2D eigenvalue weighted by molar-refractivity contribution is -0.113. The Balaban J connectivity index is 1.73. The summed E-state index contributed by atoms with van der Waals surface area (Å²) in [5, 5.41) is 2.92.